The zero-order valence-electron chi connectivity index (χ0n) is 10.8. The van der Waals surface area contributed by atoms with E-state index in [1.807, 2.05) is 12.1 Å². The summed E-state index contributed by atoms with van der Waals surface area (Å²) in [6.45, 7) is 6.44. The van der Waals surface area contributed by atoms with E-state index in [9.17, 15) is 5.11 Å². The van der Waals surface area contributed by atoms with E-state index in [-0.39, 0.29) is 6.61 Å². The standard InChI is InChI=1S/C13H21N3O2/c1-11(18)12-2-3-14-13(10-12)16-6-4-15(5-7-16)8-9-17/h2-3,10-11,17-18H,4-9H2,1H3. The number of β-amino-alcohol motifs (C(OH)–C–C–N with tert-alkyl or cyclic N) is 1. The minimum atomic E-state index is -0.456. The Balaban J connectivity index is 1.98. The first-order valence-electron chi connectivity index (χ1n) is 6.43. The molecule has 5 heteroatoms. The van der Waals surface area contributed by atoms with Crippen molar-refractivity contribution in [1.82, 2.24) is 9.88 Å². The summed E-state index contributed by atoms with van der Waals surface area (Å²) in [5.74, 6) is 0.928. The second-order valence-electron chi connectivity index (χ2n) is 4.68. The summed E-state index contributed by atoms with van der Waals surface area (Å²) in [4.78, 5) is 8.83. The quantitative estimate of drug-likeness (QED) is 0.803. The lowest BCUT2D eigenvalue weighted by Gasteiger charge is -2.35. The lowest BCUT2D eigenvalue weighted by Crippen LogP contribution is -2.47. The maximum absolute atomic E-state index is 9.58. The molecule has 0 aromatic carbocycles. The molecule has 2 rings (SSSR count). The van der Waals surface area contributed by atoms with Crippen LogP contribution in [-0.4, -0.2) is 59.4 Å². The first-order valence-corrected chi connectivity index (χ1v) is 6.43. The fraction of sp³-hybridized carbons (Fsp3) is 0.615. The topological polar surface area (TPSA) is 59.8 Å². The molecule has 1 aromatic heterocycles. The summed E-state index contributed by atoms with van der Waals surface area (Å²) in [6, 6.07) is 3.79. The molecule has 0 bridgehead atoms. The van der Waals surface area contributed by atoms with Crippen LogP contribution in [0, 0.1) is 0 Å². The second-order valence-corrected chi connectivity index (χ2v) is 4.68. The van der Waals surface area contributed by atoms with E-state index >= 15 is 0 Å². The number of nitrogens with zero attached hydrogens (tertiary/aromatic N) is 3. The number of aliphatic hydroxyl groups is 2. The molecule has 1 aromatic rings. The molecule has 0 amide bonds. The van der Waals surface area contributed by atoms with Crippen LogP contribution in [0.15, 0.2) is 18.3 Å². The lowest BCUT2D eigenvalue weighted by molar-refractivity contribution is 0.188. The fourth-order valence-electron chi connectivity index (χ4n) is 2.21. The number of pyridine rings is 1. The Morgan fingerprint density at radius 1 is 1.33 bits per heavy atom. The van der Waals surface area contributed by atoms with Crippen LogP contribution in [0.1, 0.15) is 18.6 Å². The molecule has 1 aliphatic rings. The van der Waals surface area contributed by atoms with Gasteiger partial charge < -0.3 is 15.1 Å². The molecule has 1 fully saturated rings. The fourth-order valence-corrected chi connectivity index (χ4v) is 2.21. The van der Waals surface area contributed by atoms with Crippen molar-refractivity contribution < 1.29 is 10.2 Å². The summed E-state index contributed by atoms with van der Waals surface area (Å²) in [6.07, 6.45) is 1.29. The minimum Gasteiger partial charge on any atom is -0.395 e. The van der Waals surface area contributed by atoms with Crippen molar-refractivity contribution in [3.8, 4) is 0 Å². The molecule has 2 N–H and O–H groups in total. The Morgan fingerprint density at radius 2 is 2.06 bits per heavy atom. The van der Waals surface area contributed by atoms with Gasteiger partial charge in [-0.15, -0.1) is 0 Å². The van der Waals surface area contributed by atoms with Crippen molar-refractivity contribution >= 4 is 5.82 Å². The lowest BCUT2D eigenvalue weighted by atomic mass is 10.1. The highest BCUT2D eigenvalue weighted by atomic mass is 16.3. The number of piperazine rings is 1. The summed E-state index contributed by atoms with van der Waals surface area (Å²) in [5, 5.41) is 18.5. The van der Waals surface area contributed by atoms with Crippen LogP contribution in [0.3, 0.4) is 0 Å². The smallest absolute Gasteiger partial charge is 0.128 e. The van der Waals surface area contributed by atoms with Gasteiger partial charge in [0, 0.05) is 38.9 Å². The van der Waals surface area contributed by atoms with Gasteiger partial charge in [-0.3, -0.25) is 4.90 Å². The van der Waals surface area contributed by atoms with Gasteiger partial charge in [-0.2, -0.15) is 0 Å². The molecule has 5 nitrogen and oxygen atoms in total. The van der Waals surface area contributed by atoms with Crippen molar-refractivity contribution in [2.75, 3.05) is 44.2 Å². The average molecular weight is 251 g/mol. The number of aliphatic hydroxyl groups excluding tert-OH is 2. The Kier molecular flexibility index (Phi) is 4.52. The second kappa shape index (κ2) is 6.13. The highest BCUT2D eigenvalue weighted by Gasteiger charge is 2.17. The molecular weight excluding hydrogens is 230 g/mol. The van der Waals surface area contributed by atoms with Crippen LogP contribution in [0.25, 0.3) is 0 Å². The van der Waals surface area contributed by atoms with Crippen LogP contribution in [0.2, 0.25) is 0 Å². The van der Waals surface area contributed by atoms with Crippen LogP contribution >= 0.6 is 0 Å². The third-order valence-electron chi connectivity index (χ3n) is 3.36. The van der Waals surface area contributed by atoms with Crippen molar-refractivity contribution in [2.24, 2.45) is 0 Å². The van der Waals surface area contributed by atoms with E-state index in [2.05, 4.69) is 14.8 Å². The van der Waals surface area contributed by atoms with Gasteiger partial charge in [0.2, 0.25) is 0 Å². The normalized spacial score (nSPS) is 18.9. The number of anilines is 1. The van der Waals surface area contributed by atoms with Gasteiger partial charge in [-0.05, 0) is 24.6 Å². The predicted octanol–water partition coefficient (Wildman–Crippen LogP) is 0.249. The summed E-state index contributed by atoms with van der Waals surface area (Å²) >= 11 is 0. The molecule has 0 spiro atoms. The molecule has 2 heterocycles. The third kappa shape index (κ3) is 3.19. The van der Waals surface area contributed by atoms with Gasteiger partial charge in [-0.25, -0.2) is 4.98 Å². The predicted molar refractivity (Wildman–Crippen MR) is 70.6 cm³/mol. The third-order valence-corrected chi connectivity index (χ3v) is 3.36. The van der Waals surface area contributed by atoms with E-state index in [0.29, 0.717) is 0 Å². The van der Waals surface area contributed by atoms with Crippen LogP contribution < -0.4 is 4.90 Å². The zero-order valence-corrected chi connectivity index (χ0v) is 10.8. The van der Waals surface area contributed by atoms with Gasteiger partial charge >= 0.3 is 0 Å². The van der Waals surface area contributed by atoms with Gasteiger partial charge in [0.1, 0.15) is 5.82 Å². The van der Waals surface area contributed by atoms with Crippen molar-refractivity contribution in [1.29, 1.82) is 0 Å². The van der Waals surface area contributed by atoms with E-state index in [1.54, 1.807) is 13.1 Å². The minimum absolute atomic E-state index is 0.218. The van der Waals surface area contributed by atoms with Gasteiger partial charge in [0.15, 0.2) is 0 Å². The van der Waals surface area contributed by atoms with Crippen molar-refractivity contribution in [3.63, 3.8) is 0 Å². The largest absolute Gasteiger partial charge is 0.395 e. The summed E-state index contributed by atoms with van der Waals surface area (Å²) in [7, 11) is 0. The van der Waals surface area contributed by atoms with Gasteiger partial charge in [0.05, 0.1) is 12.7 Å². The molecule has 18 heavy (non-hydrogen) atoms. The number of hydrogen-bond acceptors (Lipinski definition) is 5. The Morgan fingerprint density at radius 3 is 2.67 bits per heavy atom. The monoisotopic (exact) mass is 251 g/mol. The SMILES string of the molecule is CC(O)c1ccnc(N2CCN(CCO)CC2)c1. The highest BCUT2D eigenvalue weighted by Crippen LogP contribution is 2.19. The first-order chi connectivity index (χ1) is 8.70. The van der Waals surface area contributed by atoms with E-state index < -0.39 is 6.10 Å². The highest BCUT2D eigenvalue weighted by molar-refractivity contribution is 5.42. The zero-order chi connectivity index (χ0) is 13.0. The van der Waals surface area contributed by atoms with Crippen LogP contribution in [-0.2, 0) is 0 Å². The number of rotatable bonds is 4. The molecule has 0 radical (unpaired) electrons. The number of aromatic nitrogens is 1. The summed E-state index contributed by atoms with van der Waals surface area (Å²) < 4.78 is 0. The molecular formula is C13H21N3O2. The Labute approximate surface area is 108 Å². The van der Waals surface area contributed by atoms with E-state index in [1.165, 1.54) is 0 Å². The molecule has 0 saturated carbocycles. The molecule has 100 valence electrons. The molecule has 1 atom stereocenters. The Bertz CT molecular complexity index is 376. The number of hydrogen-bond donors (Lipinski definition) is 2. The van der Waals surface area contributed by atoms with Crippen molar-refractivity contribution in [3.05, 3.63) is 23.9 Å². The maximum Gasteiger partial charge on any atom is 0.128 e. The van der Waals surface area contributed by atoms with E-state index in [4.69, 9.17) is 5.11 Å². The van der Waals surface area contributed by atoms with Crippen LogP contribution in [0.4, 0.5) is 5.82 Å². The van der Waals surface area contributed by atoms with Gasteiger partial charge in [0.25, 0.3) is 0 Å². The molecule has 1 saturated heterocycles. The molecule has 1 unspecified atom stereocenters. The maximum atomic E-state index is 9.58. The van der Waals surface area contributed by atoms with E-state index in [0.717, 1.165) is 44.1 Å². The Hall–Kier alpha value is -1.17. The first kappa shape index (κ1) is 13.3. The van der Waals surface area contributed by atoms with Crippen LogP contribution in [0.5, 0.6) is 0 Å². The van der Waals surface area contributed by atoms with Crippen molar-refractivity contribution in [2.45, 2.75) is 13.0 Å². The van der Waals surface area contributed by atoms with Gasteiger partial charge in [-0.1, -0.05) is 0 Å². The molecule has 0 aliphatic carbocycles. The molecule has 1 aliphatic heterocycles. The average Bonchev–Trinajstić information content (AvgIpc) is 2.40. The summed E-state index contributed by atoms with van der Waals surface area (Å²) in [5.41, 5.74) is 0.901.